The highest BCUT2D eigenvalue weighted by molar-refractivity contribution is 5.19. The van der Waals surface area contributed by atoms with Crippen LogP contribution in [0.15, 0.2) is 30.3 Å². The van der Waals surface area contributed by atoms with Gasteiger partial charge >= 0.3 is 0 Å². The highest BCUT2D eigenvalue weighted by atomic mass is 16.5. The van der Waals surface area contributed by atoms with Crippen LogP contribution in [0, 0.1) is 11.8 Å². The lowest BCUT2D eigenvalue weighted by Gasteiger charge is -2.23. The van der Waals surface area contributed by atoms with Gasteiger partial charge in [0.15, 0.2) is 0 Å². The quantitative estimate of drug-likeness (QED) is 0.893. The van der Waals surface area contributed by atoms with Crippen LogP contribution in [-0.2, 0) is 4.74 Å². The molecule has 1 aliphatic carbocycles. The predicted molar refractivity (Wildman–Crippen MR) is 78.0 cm³/mol. The Balaban J connectivity index is 1.58. The molecule has 2 heteroatoms. The third-order valence-corrected chi connectivity index (χ3v) is 4.85. The molecule has 0 unspecified atom stereocenters. The summed E-state index contributed by atoms with van der Waals surface area (Å²) in [6.45, 7) is 4.39. The Kier molecular flexibility index (Phi) is 4.19. The fourth-order valence-corrected chi connectivity index (χ4v) is 3.61. The number of hydrogen-bond donors (Lipinski definition) is 1. The fourth-order valence-electron chi connectivity index (χ4n) is 3.61. The minimum Gasteiger partial charge on any atom is -0.373 e. The molecule has 3 rings (SSSR count). The minimum atomic E-state index is 0.297. The van der Waals surface area contributed by atoms with E-state index in [0.29, 0.717) is 12.0 Å². The van der Waals surface area contributed by atoms with E-state index >= 15 is 0 Å². The largest absolute Gasteiger partial charge is 0.373 e. The van der Waals surface area contributed by atoms with Crippen LogP contribution < -0.4 is 5.32 Å². The SMILES string of the molecule is C[C@@H]1CCC[C@@H]1NC[C@H]1CCO[C@@H]1c1ccccc1. The minimum absolute atomic E-state index is 0.297. The molecule has 1 saturated carbocycles. The van der Waals surface area contributed by atoms with E-state index in [1.165, 1.54) is 31.2 Å². The molecule has 19 heavy (non-hydrogen) atoms. The number of benzene rings is 1. The van der Waals surface area contributed by atoms with Crippen LogP contribution in [0.5, 0.6) is 0 Å². The van der Waals surface area contributed by atoms with Gasteiger partial charge < -0.3 is 10.1 Å². The van der Waals surface area contributed by atoms with Gasteiger partial charge in [-0.05, 0) is 30.7 Å². The van der Waals surface area contributed by atoms with Crippen molar-refractivity contribution in [1.82, 2.24) is 5.32 Å². The molecule has 2 fully saturated rings. The molecule has 2 nitrogen and oxygen atoms in total. The van der Waals surface area contributed by atoms with Crippen molar-refractivity contribution in [2.45, 2.75) is 44.8 Å². The first-order chi connectivity index (χ1) is 9.34. The number of nitrogens with one attached hydrogen (secondary N) is 1. The molecule has 1 aromatic rings. The van der Waals surface area contributed by atoms with Crippen molar-refractivity contribution in [3.05, 3.63) is 35.9 Å². The Labute approximate surface area is 116 Å². The average molecular weight is 259 g/mol. The van der Waals surface area contributed by atoms with Gasteiger partial charge in [-0.25, -0.2) is 0 Å². The zero-order valence-corrected chi connectivity index (χ0v) is 11.8. The van der Waals surface area contributed by atoms with Crippen molar-refractivity contribution < 1.29 is 4.74 Å². The van der Waals surface area contributed by atoms with Crippen molar-refractivity contribution in [2.75, 3.05) is 13.2 Å². The Hall–Kier alpha value is -0.860. The van der Waals surface area contributed by atoms with Crippen LogP contribution >= 0.6 is 0 Å². The Morgan fingerprint density at radius 1 is 1.16 bits per heavy atom. The highest BCUT2D eigenvalue weighted by Gasteiger charge is 2.31. The Morgan fingerprint density at radius 2 is 2.00 bits per heavy atom. The lowest BCUT2D eigenvalue weighted by atomic mass is 9.94. The summed E-state index contributed by atoms with van der Waals surface area (Å²) >= 11 is 0. The standard InChI is InChI=1S/C17H25NO/c1-13-6-5-9-16(13)18-12-15-10-11-19-17(15)14-7-3-2-4-8-14/h2-4,7-8,13,15-18H,5-6,9-12H2,1H3/t13-,15-,16+,17-/m1/s1. The second kappa shape index (κ2) is 6.06. The van der Waals surface area contributed by atoms with Crippen molar-refractivity contribution in [2.24, 2.45) is 11.8 Å². The number of hydrogen-bond acceptors (Lipinski definition) is 2. The highest BCUT2D eigenvalue weighted by Crippen LogP contribution is 2.34. The summed E-state index contributed by atoms with van der Waals surface area (Å²) in [4.78, 5) is 0. The zero-order chi connectivity index (χ0) is 13.1. The smallest absolute Gasteiger partial charge is 0.0866 e. The lowest BCUT2D eigenvalue weighted by molar-refractivity contribution is 0.0895. The van der Waals surface area contributed by atoms with Crippen LogP contribution in [0.2, 0.25) is 0 Å². The first-order valence-electron chi connectivity index (χ1n) is 7.74. The van der Waals surface area contributed by atoms with E-state index in [2.05, 4.69) is 42.6 Å². The van der Waals surface area contributed by atoms with Gasteiger partial charge in [-0.1, -0.05) is 43.7 Å². The molecule has 104 valence electrons. The van der Waals surface area contributed by atoms with E-state index in [9.17, 15) is 0 Å². The second-order valence-corrected chi connectivity index (χ2v) is 6.17. The Bertz CT molecular complexity index is 392. The molecule has 0 amide bonds. The molecule has 1 heterocycles. The number of ether oxygens (including phenoxy) is 1. The van der Waals surface area contributed by atoms with Gasteiger partial charge in [0, 0.05) is 25.1 Å². The van der Waals surface area contributed by atoms with Crippen molar-refractivity contribution in [3.63, 3.8) is 0 Å². The summed E-state index contributed by atoms with van der Waals surface area (Å²) in [5.74, 6) is 1.48. The van der Waals surface area contributed by atoms with Gasteiger partial charge in [-0.15, -0.1) is 0 Å². The maximum atomic E-state index is 5.95. The molecule has 1 aromatic carbocycles. The molecule has 0 bridgehead atoms. The molecule has 1 aliphatic heterocycles. The summed E-state index contributed by atoms with van der Waals surface area (Å²) in [5, 5.41) is 3.79. The number of rotatable bonds is 4. The van der Waals surface area contributed by atoms with Gasteiger partial charge in [-0.3, -0.25) is 0 Å². The average Bonchev–Trinajstić information content (AvgIpc) is 3.06. The molecule has 2 aliphatic rings. The van der Waals surface area contributed by atoms with E-state index in [1.54, 1.807) is 0 Å². The second-order valence-electron chi connectivity index (χ2n) is 6.17. The molecule has 1 N–H and O–H groups in total. The van der Waals surface area contributed by atoms with Crippen molar-refractivity contribution >= 4 is 0 Å². The van der Waals surface area contributed by atoms with Gasteiger partial charge in [0.2, 0.25) is 0 Å². The molecule has 0 spiro atoms. The molecule has 0 aromatic heterocycles. The van der Waals surface area contributed by atoms with Crippen LogP contribution in [0.25, 0.3) is 0 Å². The van der Waals surface area contributed by atoms with Gasteiger partial charge in [0.25, 0.3) is 0 Å². The lowest BCUT2D eigenvalue weighted by Crippen LogP contribution is -2.35. The summed E-state index contributed by atoms with van der Waals surface area (Å²) in [5.41, 5.74) is 1.34. The van der Waals surface area contributed by atoms with Crippen molar-refractivity contribution in [1.29, 1.82) is 0 Å². The fraction of sp³-hybridized carbons (Fsp3) is 0.647. The summed E-state index contributed by atoms with van der Waals surface area (Å²) in [7, 11) is 0. The van der Waals surface area contributed by atoms with E-state index in [-0.39, 0.29) is 0 Å². The van der Waals surface area contributed by atoms with Gasteiger partial charge in [0.1, 0.15) is 0 Å². The third kappa shape index (κ3) is 3.01. The summed E-state index contributed by atoms with van der Waals surface area (Å²) in [6, 6.07) is 11.4. The zero-order valence-electron chi connectivity index (χ0n) is 11.8. The molecule has 1 saturated heterocycles. The molecule has 4 atom stereocenters. The maximum Gasteiger partial charge on any atom is 0.0866 e. The molecular weight excluding hydrogens is 234 g/mol. The van der Waals surface area contributed by atoms with E-state index in [4.69, 9.17) is 4.74 Å². The topological polar surface area (TPSA) is 21.3 Å². The molecular formula is C17H25NO. The first-order valence-corrected chi connectivity index (χ1v) is 7.74. The normalized spacial score (nSPS) is 34.8. The van der Waals surface area contributed by atoms with Gasteiger partial charge in [0.05, 0.1) is 6.10 Å². The van der Waals surface area contributed by atoms with Crippen LogP contribution in [0.4, 0.5) is 0 Å². The monoisotopic (exact) mass is 259 g/mol. The van der Waals surface area contributed by atoms with Crippen LogP contribution in [0.3, 0.4) is 0 Å². The van der Waals surface area contributed by atoms with E-state index < -0.39 is 0 Å². The maximum absolute atomic E-state index is 5.95. The molecule has 0 radical (unpaired) electrons. The van der Waals surface area contributed by atoms with E-state index in [1.807, 2.05) is 0 Å². The van der Waals surface area contributed by atoms with Crippen molar-refractivity contribution in [3.8, 4) is 0 Å². The summed E-state index contributed by atoms with van der Waals surface area (Å²) < 4.78 is 5.95. The Morgan fingerprint density at radius 3 is 2.74 bits per heavy atom. The van der Waals surface area contributed by atoms with Crippen LogP contribution in [-0.4, -0.2) is 19.2 Å². The predicted octanol–water partition coefficient (Wildman–Crippen LogP) is 3.54. The van der Waals surface area contributed by atoms with Crippen LogP contribution in [0.1, 0.15) is 44.3 Å². The van der Waals surface area contributed by atoms with E-state index in [0.717, 1.165) is 25.1 Å². The van der Waals surface area contributed by atoms with Gasteiger partial charge in [-0.2, -0.15) is 0 Å². The third-order valence-electron chi connectivity index (χ3n) is 4.85. The first kappa shape index (κ1) is 13.1. The summed E-state index contributed by atoms with van der Waals surface area (Å²) in [6.07, 6.45) is 5.62.